The second-order valence-electron chi connectivity index (χ2n) is 8.60. The minimum absolute atomic E-state index is 0.0357. The fraction of sp³-hybridized carbons (Fsp3) is 0.636. The molecular weight excluding hydrogens is 352 g/mol. The average molecular weight is 389 g/mol. The number of hydrogen-bond donors (Lipinski definition) is 0. The van der Waals surface area contributed by atoms with Crippen molar-refractivity contribution in [3.8, 4) is 0 Å². The van der Waals surface area contributed by atoms with Gasteiger partial charge in [-0.1, -0.05) is 26.0 Å². The number of hydrogen-bond acceptors (Lipinski definition) is 4. The van der Waals surface area contributed by atoms with E-state index in [1.807, 2.05) is 66.1 Å². The van der Waals surface area contributed by atoms with Gasteiger partial charge < -0.3 is 19.6 Å². The molecule has 1 heterocycles. The van der Waals surface area contributed by atoms with Crippen LogP contribution < -0.4 is 9.80 Å². The predicted octanol–water partition coefficient (Wildman–Crippen LogP) is 3.03. The molecule has 0 fully saturated rings. The lowest BCUT2D eigenvalue weighted by molar-refractivity contribution is -0.130. The Balaban J connectivity index is 2.36. The van der Waals surface area contributed by atoms with E-state index in [2.05, 4.69) is 23.6 Å². The third-order valence-corrected chi connectivity index (χ3v) is 5.68. The number of fused-ring (bicyclic) bond motifs is 1. The van der Waals surface area contributed by atoms with Crippen molar-refractivity contribution in [3.63, 3.8) is 0 Å². The highest BCUT2D eigenvalue weighted by Crippen LogP contribution is 2.41. The number of benzene rings is 1. The third-order valence-electron chi connectivity index (χ3n) is 5.68. The number of likely N-dealkylation sites (N-methyl/N-ethyl adjacent to an activating group) is 2. The maximum absolute atomic E-state index is 12.8. The van der Waals surface area contributed by atoms with Crippen LogP contribution in [0.5, 0.6) is 0 Å². The summed E-state index contributed by atoms with van der Waals surface area (Å²) in [6.45, 7) is 13.0. The Bertz CT molecular complexity index is 647. The Hall–Kier alpha value is -2.24. The summed E-state index contributed by atoms with van der Waals surface area (Å²) in [5.41, 5.74) is 2.04. The minimum Gasteiger partial charge on any atom is -0.342 e. The summed E-state index contributed by atoms with van der Waals surface area (Å²) < 4.78 is 0. The fourth-order valence-corrected chi connectivity index (χ4v) is 3.57. The zero-order valence-corrected chi connectivity index (χ0v) is 18.6. The van der Waals surface area contributed by atoms with E-state index < -0.39 is 0 Å². The molecule has 1 aliphatic heterocycles. The van der Waals surface area contributed by atoms with Crippen molar-refractivity contribution < 1.29 is 9.59 Å². The SMILES string of the molecule is CC(C)C1N(CC(=O)N(C)C(C)C)c2ccccc2N1CC(=O)N(C)C(C)C. The standard InChI is InChI=1S/C22H36N4O2/c1-15(2)22-25(13-20(27)23(7)16(3)4)18-11-9-10-12-19(18)26(22)14-21(28)24(8)17(5)6/h9-12,15-17,22H,13-14H2,1-8H3. The predicted molar refractivity (Wildman–Crippen MR) is 116 cm³/mol. The van der Waals surface area contributed by atoms with Crippen LogP contribution in [0.3, 0.4) is 0 Å². The van der Waals surface area contributed by atoms with E-state index >= 15 is 0 Å². The summed E-state index contributed by atoms with van der Waals surface area (Å²) in [5.74, 6) is 0.424. The van der Waals surface area contributed by atoms with Crippen LogP contribution in [-0.2, 0) is 9.59 Å². The molecule has 2 rings (SSSR count). The molecule has 0 aromatic heterocycles. The summed E-state index contributed by atoms with van der Waals surface area (Å²) in [4.78, 5) is 33.5. The smallest absolute Gasteiger partial charge is 0.242 e. The first kappa shape index (κ1) is 22.1. The molecule has 0 saturated heterocycles. The minimum atomic E-state index is -0.0357. The molecule has 1 aliphatic rings. The van der Waals surface area contributed by atoms with Crippen molar-refractivity contribution in [1.82, 2.24) is 9.80 Å². The van der Waals surface area contributed by atoms with Gasteiger partial charge in [-0.3, -0.25) is 9.59 Å². The lowest BCUT2D eigenvalue weighted by Crippen LogP contribution is -2.53. The molecule has 0 saturated carbocycles. The third kappa shape index (κ3) is 4.42. The number of carbonyl (C=O) groups excluding carboxylic acids is 2. The van der Waals surface area contributed by atoms with Crippen LogP contribution in [0.4, 0.5) is 11.4 Å². The lowest BCUT2D eigenvalue weighted by atomic mass is 10.1. The van der Waals surface area contributed by atoms with Gasteiger partial charge in [-0.15, -0.1) is 0 Å². The lowest BCUT2D eigenvalue weighted by Gasteiger charge is -2.37. The van der Waals surface area contributed by atoms with Crippen molar-refractivity contribution in [3.05, 3.63) is 24.3 Å². The Morgan fingerprint density at radius 2 is 1.18 bits per heavy atom. The monoisotopic (exact) mass is 388 g/mol. The molecular formula is C22H36N4O2. The number of carbonyl (C=O) groups is 2. The second kappa shape index (κ2) is 8.84. The molecule has 2 amide bonds. The molecule has 1 aromatic rings. The normalized spacial score (nSPS) is 14.2. The van der Waals surface area contributed by atoms with Gasteiger partial charge in [0.2, 0.25) is 11.8 Å². The Kier molecular flexibility index (Phi) is 6.96. The second-order valence-corrected chi connectivity index (χ2v) is 8.60. The van der Waals surface area contributed by atoms with E-state index in [1.54, 1.807) is 9.80 Å². The van der Waals surface area contributed by atoms with Gasteiger partial charge in [0.1, 0.15) is 6.17 Å². The van der Waals surface area contributed by atoms with Gasteiger partial charge >= 0.3 is 0 Å². The van der Waals surface area contributed by atoms with Gasteiger partial charge in [0.25, 0.3) is 0 Å². The number of para-hydroxylation sites is 2. The van der Waals surface area contributed by atoms with Crippen molar-refractivity contribution in [2.75, 3.05) is 37.0 Å². The topological polar surface area (TPSA) is 47.1 Å². The van der Waals surface area contributed by atoms with Crippen LogP contribution in [0.25, 0.3) is 0 Å². The quantitative estimate of drug-likeness (QED) is 0.720. The molecule has 0 radical (unpaired) electrons. The molecule has 156 valence electrons. The fourth-order valence-electron chi connectivity index (χ4n) is 3.57. The maximum atomic E-state index is 12.8. The van der Waals surface area contributed by atoms with Crippen molar-refractivity contribution in [2.24, 2.45) is 5.92 Å². The van der Waals surface area contributed by atoms with E-state index in [9.17, 15) is 9.59 Å². The first-order valence-electron chi connectivity index (χ1n) is 10.2. The highest BCUT2D eigenvalue weighted by atomic mass is 16.2. The molecule has 6 heteroatoms. The van der Waals surface area contributed by atoms with Gasteiger partial charge in [0, 0.05) is 26.2 Å². The van der Waals surface area contributed by atoms with Crippen LogP contribution in [0.15, 0.2) is 24.3 Å². The van der Waals surface area contributed by atoms with Gasteiger partial charge in [-0.2, -0.15) is 0 Å². The van der Waals surface area contributed by atoms with Crippen LogP contribution in [0.1, 0.15) is 41.5 Å². The number of nitrogens with zero attached hydrogens (tertiary/aromatic N) is 4. The van der Waals surface area contributed by atoms with Crippen molar-refractivity contribution >= 4 is 23.2 Å². The molecule has 0 aliphatic carbocycles. The summed E-state index contributed by atoms with van der Waals surface area (Å²) in [6, 6.07) is 8.38. The van der Waals surface area contributed by atoms with Crippen LogP contribution in [0, 0.1) is 5.92 Å². The zero-order valence-electron chi connectivity index (χ0n) is 18.6. The average Bonchev–Trinajstić information content (AvgIpc) is 2.93. The van der Waals surface area contributed by atoms with Gasteiger partial charge in [-0.25, -0.2) is 0 Å². The van der Waals surface area contributed by atoms with E-state index in [4.69, 9.17) is 0 Å². The van der Waals surface area contributed by atoms with E-state index in [-0.39, 0.29) is 36.0 Å². The summed E-state index contributed by atoms with van der Waals surface area (Å²) in [7, 11) is 3.69. The Morgan fingerprint density at radius 1 is 0.821 bits per heavy atom. The molecule has 0 N–H and O–H groups in total. The zero-order chi connectivity index (χ0) is 21.2. The first-order valence-corrected chi connectivity index (χ1v) is 10.2. The molecule has 28 heavy (non-hydrogen) atoms. The van der Waals surface area contributed by atoms with E-state index in [0.29, 0.717) is 13.1 Å². The Morgan fingerprint density at radius 3 is 1.46 bits per heavy atom. The summed E-state index contributed by atoms with van der Waals surface area (Å²) in [5, 5.41) is 0. The van der Waals surface area contributed by atoms with Crippen LogP contribution in [0.2, 0.25) is 0 Å². The van der Waals surface area contributed by atoms with Crippen molar-refractivity contribution in [2.45, 2.75) is 59.8 Å². The molecule has 0 bridgehead atoms. The first-order chi connectivity index (χ1) is 13.1. The van der Waals surface area contributed by atoms with E-state index in [1.165, 1.54) is 0 Å². The molecule has 0 unspecified atom stereocenters. The van der Waals surface area contributed by atoms with Gasteiger partial charge in [0.05, 0.1) is 24.5 Å². The maximum Gasteiger partial charge on any atom is 0.242 e. The highest BCUT2D eigenvalue weighted by molar-refractivity contribution is 5.90. The number of anilines is 2. The van der Waals surface area contributed by atoms with Crippen LogP contribution in [-0.4, -0.2) is 67.0 Å². The molecule has 0 atom stereocenters. The number of rotatable bonds is 7. The van der Waals surface area contributed by atoms with Crippen molar-refractivity contribution in [1.29, 1.82) is 0 Å². The summed E-state index contributed by atoms with van der Waals surface area (Å²) >= 11 is 0. The Labute approximate surface area is 170 Å². The van der Waals surface area contributed by atoms with Gasteiger partial charge in [-0.05, 0) is 45.7 Å². The molecule has 0 spiro atoms. The largest absolute Gasteiger partial charge is 0.342 e. The molecule has 6 nitrogen and oxygen atoms in total. The van der Waals surface area contributed by atoms with Crippen LogP contribution >= 0.6 is 0 Å². The van der Waals surface area contributed by atoms with Gasteiger partial charge in [0.15, 0.2) is 0 Å². The highest BCUT2D eigenvalue weighted by Gasteiger charge is 2.40. The molecule has 1 aromatic carbocycles. The number of amides is 2. The summed E-state index contributed by atoms with van der Waals surface area (Å²) in [6.07, 6.45) is -0.0357. The van der Waals surface area contributed by atoms with E-state index in [0.717, 1.165) is 11.4 Å².